The van der Waals surface area contributed by atoms with Gasteiger partial charge < -0.3 is 9.88 Å². The van der Waals surface area contributed by atoms with Crippen molar-refractivity contribution in [2.45, 2.75) is 51.0 Å². The van der Waals surface area contributed by atoms with Crippen LogP contribution in [0.15, 0.2) is 56.7 Å². The van der Waals surface area contributed by atoms with Crippen molar-refractivity contribution < 1.29 is 4.79 Å². The Labute approximate surface area is 208 Å². The summed E-state index contributed by atoms with van der Waals surface area (Å²) >= 11 is 1.59. The van der Waals surface area contributed by atoms with Gasteiger partial charge in [0, 0.05) is 31.0 Å². The van der Waals surface area contributed by atoms with E-state index >= 15 is 0 Å². The van der Waals surface area contributed by atoms with Gasteiger partial charge in [0.25, 0.3) is 5.56 Å². The normalized spacial score (nSPS) is 15.3. The minimum Gasteiger partial charge on any atom is -0.313 e. The third kappa shape index (κ3) is 5.37. The number of allylic oxidation sites excluding steroid dienone is 2. The van der Waals surface area contributed by atoms with Gasteiger partial charge in [0.05, 0.1) is 6.54 Å². The van der Waals surface area contributed by atoms with E-state index in [0.717, 1.165) is 35.3 Å². The molecule has 3 aromatic rings. The van der Waals surface area contributed by atoms with E-state index in [2.05, 4.69) is 10.3 Å². The number of hydrogen-bond donors (Lipinski definition) is 1. The van der Waals surface area contributed by atoms with Gasteiger partial charge in [-0.15, -0.1) is 12.4 Å². The second-order valence-corrected chi connectivity index (χ2v) is 9.57. The summed E-state index contributed by atoms with van der Waals surface area (Å²) in [6.45, 7) is 5.18. The smallest absolute Gasteiger partial charge is 0.313 e. The lowest BCUT2D eigenvalue weighted by atomic mass is 10.1. The molecule has 4 rings (SSSR count). The fraction of sp³-hybridized carbons (Fsp3) is 0.417. The van der Waals surface area contributed by atoms with Crippen LogP contribution in [-0.2, 0) is 20.1 Å². The summed E-state index contributed by atoms with van der Waals surface area (Å²) in [7, 11) is 1.60. The topological polar surface area (TPSA) is 90.9 Å². The number of imidazole rings is 1. The summed E-state index contributed by atoms with van der Waals surface area (Å²) in [6.07, 6.45) is 4.31. The first kappa shape index (κ1) is 26.0. The minimum atomic E-state index is -0.544. The monoisotopic (exact) mass is 503 g/mol. The van der Waals surface area contributed by atoms with Crippen LogP contribution in [0.4, 0.5) is 0 Å². The molecule has 3 heterocycles. The van der Waals surface area contributed by atoms with Crippen LogP contribution in [-0.4, -0.2) is 42.8 Å². The predicted octanol–water partition coefficient (Wildman–Crippen LogP) is 3.01. The quantitative estimate of drug-likeness (QED) is 0.289. The molecule has 1 aliphatic heterocycles. The Bertz CT molecular complexity index is 1320. The number of hydrogen-bond acceptors (Lipinski definition) is 6. The molecule has 1 aliphatic rings. The molecule has 1 N–H and O–H groups in total. The van der Waals surface area contributed by atoms with E-state index in [1.807, 2.05) is 30.6 Å². The van der Waals surface area contributed by atoms with Crippen molar-refractivity contribution in [3.05, 3.63) is 68.4 Å². The lowest BCUT2D eigenvalue weighted by Gasteiger charge is -2.11. The van der Waals surface area contributed by atoms with Crippen LogP contribution in [0.25, 0.3) is 11.2 Å². The van der Waals surface area contributed by atoms with E-state index in [0.29, 0.717) is 34.5 Å². The number of ketones is 1. The third-order valence-electron chi connectivity index (χ3n) is 5.85. The number of nitrogens with one attached hydrogen (secondary N) is 1. The molecule has 0 amide bonds. The molecule has 10 heteroatoms. The number of Topliss-reactive ketones (excluding diaryl/α,β-unsaturated/α-hetero) is 1. The molecule has 1 aromatic carbocycles. The fourth-order valence-corrected chi connectivity index (χ4v) is 5.08. The summed E-state index contributed by atoms with van der Waals surface area (Å²) in [6, 6.07) is 9.11. The molecule has 0 spiro atoms. The maximum absolute atomic E-state index is 13.5. The van der Waals surface area contributed by atoms with Crippen molar-refractivity contribution in [1.29, 1.82) is 0 Å². The lowest BCUT2D eigenvalue weighted by molar-refractivity contribution is 0.0969. The highest BCUT2D eigenvalue weighted by Gasteiger charge is 2.23. The van der Waals surface area contributed by atoms with E-state index in [1.165, 1.54) is 4.57 Å². The molecule has 0 saturated carbocycles. The first-order valence-corrected chi connectivity index (χ1v) is 12.1. The molecule has 1 fully saturated rings. The van der Waals surface area contributed by atoms with Crippen molar-refractivity contribution in [2.75, 3.05) is 12.3 Å². The zero-order valence-electron chi connectivity index (χ0n) is 19.6. The molecule has 1 unspecified atom stereocenters. The standard InChI is InChI=1S/C24H29N5O3S.ClH/c1-16(2)11-13-28-20-21(26-23(28)33-15-18-10-7-12-25-18)27(3)24(32)29(22(20)31)14-19(30)17-8-5-4-6-9-17;/h4-6,8-9,11,18,25H,7,10,12-15H2,1-3H3;1H. The van der Waals surface area contributed by atoms with E-state index in [9.17, 15) is 14.4 Å². The molecular formula is C24H30ClN5O3S. The Kier molecular flexibility index (Phi) is 8.57. The van der Waals surface area contributed by atoms with Crippen LogP contribution in [0.5, 0.6) is 0 Å². The first-order valence-electron chi connectivity index (χ1n) is 11.1. The Morgan fingerprint density at radius 1 is 1.21 bits per heavy atom. The van der Waals surface area contributed by atoms with Gasteiger partial charge in [0.1, 0.15) is 0 Å². The zero-order valence-corrected chi connectivity index (χ0v) is 21.2. The van der Waals surface area contributed by atoms with E-state index < -0.39 is 11.2 Å². The maximum Gasteiger partial charge on any atom is 0.332 e. The number of fused-ring (bicyclic) bond motifs is 1. The molecule has 182 valence electrons. The molecule has 1 atom stereocenters. The maximum atomic E-state index is 13.5. The number of carbonyl (C=O) groups excluding carboxylic acids is 1. The van der Waals surface area contributed by atoms with Gasteiger partial charge in [0.2, 0.25) is 0 Å². The van der Waals surface area contributed by atoms with Crippen molar-refractivity contribution in [1.82, 2.24) is 24.0 Å². The molecule has 8 nitrogen and oxygen atoms in total. The zero-order chi connectivity index (χ0) is 23.5. The number of aryl methyl sites for hydroxylation is 1. The number of benzene rings is 1. The average molecular weight is 504 g/mol. The molecule has 34 heavy (non-hydrogen) atoms. The molecule has 1 saturated heterocycles. The van der Waals surface area contributed by atoms with Gasteiger partial charge in [-0.05, 0) is 33.2 Å². The van der Waals surface area contributed by atoms with Gasteiger partial charge in [-0.3, -0.25) is 18.7 Å². The molecule has 2 aromatic heterocycles. The van der Waals surface area contributed by atoms with Gasteiger partial charge in [-0.25, -0.2) is 9.78 Å². The number of carbonyl (C=O) groups is 1. The highest BCUT2D eigenvalue weighted by Crippen LogP contribution is 2.24. The summed E-state index contributed by atoms with van der Waals surface area (Å²) in [5.74, 6) is 0.554. The molecule has 0 bridgehead atoms. The SMILES string of the molecule is CC(C)=CCn1c(SCC2CCCN2)nc2c1c(=O)n(CC(=O)c1ccccc1)c(=O)n2C.Cl. The Morgan fingerprint density at radius 2 is 1.94 bits per heavy atom. The minimum absolute atomic E-state index is 0. The summed E-state index contributed by atoms with van der Waals surface area (Å²) in [5.41, 5.74) is 1.24. The van der Waals surface area contributed by atoms with Gasteiger partial charge >= 0.3 is 5.69 Å². The Hall–Kier alpha value is -2.62. The molecular weight excluding hydrogens is 474 g/mol. The molecule has 0 aliphatic carbocycles. The number of thioether (sulfide) groups is 1. The Morgan fingerprint density at radius 3 is 2.59 bits per heavy atom. The summed E-state index contributed by atoms with van der Waals surface area (Å²) in [4.78, 5) is 44.0. The van der Waals surface area contributed by atoms with Crippen molar-refractivity contribution >= 4 is 41.1 Å². The Balaban J connectivity index is 0.00000324. The third-order valence-corrected chi connectivity index (χ3v) is 6.99. The largest absolute Gasteiger partial charge is 0.332 e. The second kappa shape index (κ2) is 11.2. The van der Waals surface area contributed by atoms with Crippen molar-refractivity contribution in [2.24, 2.45) is 7.05 Å². The highest BCUT2D eigenvalue weighted by molar-refractivity contribution is 7.99. The van der Waals surface area contributed by atoms with E-state index in [-0.39, 0.29) is 24.7 Å². The number of aromatic nitrogens is 4. The fourth-order valence-electron chi connectivity index (χ4n) is 3.98. The van der Waals surface area contributed by atoms with Gasteiger partial charge in [-0.1, -0.05) is 53.7 Å². The van der Waals surface area contributed by atoms with Crippen LogP contribution in [0.3, 0.4) is 0 Å². The number of halogens is 1. The van der Waals surface area contributed by atoms with Crippen LogP contribution in [0.2, 0.25) is 0 Å². The summed E-state index contributed by atoms with van der Waals surface area (Å²) in [5, 5.41) is 4.18. The van der Waals surface area contributed by atoms with Crippen LogP contribution < -0.4 is 16.6 Å². The van der Waals surface area contributed by atoms with Gasteiger partial charge in [0.15, 0.2) is 22.1 Å². The van der Waals surface area contributed by atoms with Crippen LogP contribution in [0.1, 0.15) is 37.0 Å². The van der Waals surface area contributed by atoms with Crippen molar-refractivity contribution in [3.63, 3.8) is 0 Å². The second-order valence-electron chi connectivity index (χ2n) is 8.59. The average Bonchev–Trinajstić information content (AvgIpc) is 3.46. The number of rotatable bonds is 8. The number of nitrogens with zero attached hydrogens (tertiary/aromatic N) is 4. The van der Waals surface area contributed by atoms with Crippen LogP contribution >= 0.6 is 24.2 Å². The van der Waals surface area contributed by atoms with Gasteiger partial charge in [-0.2, -0.15) is 0 Å². The predicted molar refractivity (Wildman–Crippen MR) is 138 cm³/mol. The van der Waals surface area contributed by atoms with E-state index in [4.69, 9.17) is 0 Å². The lowest BCUT2D eigenvalue weighted by Crippen LogP contribution is -2.41. The summed E-state index contributed by atoms with van der Waals surface area (Å²) < 4.78 is 4.25. The van der Waals surface area contributed by atoms with Crippen LogP contribution in [0, 0.1) is 0 Å². The highest BCUT2D eigenvalue weighted by atomic mass is 35.5. The first-order chi connectivity index (χ1) is 15.9. The van der Waals surface area contributed by atoms with E-state index in [1.54, 1.807) is 43.1 Å². The van der Waals surface area contributed by atoms with Crippen molar-refractivity contribution in [3.8, 4) is 0 Å². The molecule has 0 radical (unpaired) electrons.